The number of amides is 1. The van der Waals surface area contributed by atoms with Gasteiger partial charge >= 0.3 is 0 Å². The van der Waals surface area contributed by atoms with Gasteiger partial charge in [-0.2, -0.15) is 0 Å². The Morgan fingerprint density at radius 1 is 1.04 bits per heavy atom. The molecule has 4 nitrogen and oxygen atoms in total. The molecular formula is C19H18N2O2. The molecule has 1 aromatic heterocycles. The molecule has 3 aromatic rings. The maximum atomic E-state index is 12.5. The second kappa shape index (κ2) is 6.01. The molecule has 116 valence electrons. The lowest BCUT2D eigenvalue weighted by atomic mass is 10.1. The highest BCUT2D eigenvalue weighted by Crippen LogP contribution is 2.28. The van der Waals surface area contributed by atoms with E-state index in [0.717, 1.165) is 16.8 Å². The van der Waals surface area contributed by atoms with Gasteiger partial charge in [-0.3, -0.25) is 4.79 Å². The molecule has 0 aliphatic heterocycles. The molecule has 3 rings (SSSR count). The summed E-state index contributed by atoms with van der Waals surface area (Å²) in [5.74, 6) is 0.747. The number of carbonyl (C=O) groups excluding carboxylic acids is 1. The van der Waals surface area contributed by atoms with Crippen LogP contribution in [-0.4, -0.2) is 13.0 Å². The van der Waals surface area contributed by atoms with E-state index >= 15 is 0 Å². The SMILES string of the molecule is Cc1ccc(N)cc1-c1ccc(C(=O)N(C)c2ccccc2)o1. The van der Waals surface area contributed by atoms with Crippen LogP contribution in [0.1, 0.15) is 16.1 Å². The van der Waals surface area contributed by atoms with E-state index in [1.807, 2.05) is 55.5 Å². The van der Waals surface area contributed by atoms with Crippen LogP contribution in [0.5, 0.6) is 0 Å². The van der Waals surface area contributed by atoms with Crippen LogP contribution >= 0.6 is 0 Å². The van der Waals surface area contributed by atoms with Gasteiger partial charge in [0, 0.05) is 24.0 Å². The first-order valence-electron chi connectivity index (χ1n) is 7.35. The van der Waals surface area contributed by atoms with E-state index in [2.05, 4.69) is 0 Å². The van der Waals surface area contributed by atoms with Crippen molar-refractivity contribution in [1.29, 1.82) is 0 Å². The zero-order valence-electron chi connectivity index (χ0n) is 13.1. The van der Waals surface area contributed by atoms with Gasteiger partial charge in [-0.05, 0) is 48.9 Å². The molecule has 0 atom stereocenters. The third-order valence-corrected chi connectivity index (χ3v) is 3.79. The zero-order valence-corrected chi connectivity index (χ0v) is 13.1. The van der Waals surface area contributed by atoms with Crippen molar-refractivity contribution in [2.45, 2.75) is 6.92 Å². The Labute approximate surface area is 135 Å². The molecule has 0 saturated carbocycles. The zero-order chi connectivity index (χ0) is 16.4. The van der Waals surface area contributed by atoms with Crippen molar-refractivity contribution in [2.75, 3.05) is 17.7 Å². The van der Waals surface area contributed by atoms with Crippen LogP contribution in [0.25, 0.3) is 11.3 Å². The quantitative estimate of drug-likeness (QED) is 0.741. The van der Waals surface area contributed by atoms with Gasteiger partial charge in [0.25, 0.3) is 5.91 Å². The maximum absolute atomic E-state index is 12.5. The molecule has 0 bridgehead atoms. The number of rotatable bonds is 3. The average molecular weight is 306 g/mol. The van der Waals surface area contributed by atoms with Gasteiger partial charge < -0.3 is 15.1 Å². The summed E-state index contributed by atoms with van der Waals surface area (Å²) in [6.45, 7) is 1.98. The van der Waals surface area contributed by atoms with E-state index in [-0.39, 0.29) is 5.91 Å². The smallest absolute Gasteiger partial charge is 0.293 e. The molecule has 1 heterocycles. The van der Waals surface area contributed by atoms with Crippen molar-refractivity contribution in [1.82, 2.24) is 0 Å². The number of hydrogen-bond acceptors (Lipinski definition) is 3. The van der Waals surface area contributed by atoms with Gasteiger partial charge in [0.05, 0.1) is 0 Å². The molecule has 23 heavy (non-hydrogen) atoms. The highest BCUT2D eigenvalue weighted by Gasteiger charge is 2.18. The summed E-state index contributed by atoms with van der Waals surface area (Å²) in [5, 5.41) is 0. The number of nitrogens with zero attached hydrogens (tertiary/aromatic N) is 1. The van der Waals surface area contributed by atoms with Crippen LogP contribution in [-0.2, 0) is 0 Å². The fourth-order valence-electron chi connectivity index (χ4n) is 2.44. The van der Waals surface area contributed by atoms with Crippen LogP contribution < -0.4 is 10.6 Å². The summed E-state index contributed by atoms with van der Waals surface area (Å²) in [5.41, 5.74) is 9.26. The van der Waals surface area contributed by atoms with Crippen molar-refractivity contribution in [3.63, 3.8) is 0 Å². The minimum absolute atomic E-state index is 0.191. The van der Waals surface area contributed by atoms with E-state index in [9.17, 15) is 4.79 Å². The summed E-state index contributed by atoms with van der Waals surface area (Å²) in [7, 11) is 1.73. The molecule has 0 aliphatic rings. The number of carbonyl (C=O) groups is 1. The summed E-state index contributed by atoms with van der Waals surface area (Å²) in [6, 6.07) is 18.6. The Morgan fingerprint density at radius 2 is 1.78 bits per heavy atom. The van der Waals surface area contributed by atoms with E-state index in [1.54, 1.807) is 24.1 Å². The van der Waals surface area contributed by atoms with Crippen LogP contribution in [0.4, 0.5) is 11.4 Å². The van der Waals surface area contributed by atoms with Crippen LogP contribution in [0.2, 0.25) is 0 Å². The summed E-state index contributed by atoms with van der Waals surface area (Å²) >= 11 is 0. The summed E-state index contributed by atoms with van der Waals surface area (Å²) in [4.78, 5) is 14.1. The van der Waals surface area contributed by atoms with E-state index in [0.29, 0.717) is 17.2 Å². The standard InChI is InChI=1S/C19H18N2O2/c1-13-8-9-14(20)12-16(13)17-10-11-18(23-17)19(22)21(2)15-6-4-3-5-7-15/h3-12H,20H2,1-2H3. The molecule has 0 radical (unpaired) electrons. The topological polar surface area (TPSA) is 59.5 Å². The molecule has 0 spiro atoms. The third-order valence-electron chi connectivity index (χ3n) is 3.79. The van der Waals surface area contributed by atoms with Gasteiger partial charge in [0.15, 0.2) is 5.76 Å². The number of benzene rings is 2. The van der Waals surface area contributed by atoms with Gasteiger partial charge in [0.2, 0.25) is 0 Å². The van der Waals surface area contributed by atoms with Crippen molar-refractivity contribution in [3.8, 4) is 11.3 Å². The predicted octanol–water partition coefficient (Wildman–Crippen LogP) is 4.11. The molecular weight excluding hydrogens is 288 g/mol. The molecule has 2 N–H and O–H groups in total. The summed E-state index contributed by atoms with van der Waals surface area (Å²) in [6.07, 6.45) is 0. The Bertz CT molecular complexity index is 838. The molecule has 2 aromatic carbocycles. The number of para-hydroxylation sites is 1. The maximum Gasteiger partial charge on any atom is 0.293 e. The van der Waals surface area contributed by atoms with E-state index in [1.165, 1.54) is 0 Å². The lowest BCUT2D eigenvalue weighted by Crippen LogP contribution is -2.25. The molecule has 0 aliphatic carbocycles. The van der Waals surface area contributed by atoms with Crippen LogP contribution in [0, 0.1) is 6.92 Å². The first-order chi connectivity index (χ1) is 11.1. The van der Waals surface area contributed by atoms with Crippen molar-refractivity contribution < 1.29 is 9.21 Å². The second-order valence-corrected chi connectivity index (χ2v) is 5.44. The normalized spacial score (nSPS) is 10.5. The number of nitrogens with two attached hydrogens (primary N) is 1. The van der Waals surface area contributed by atoms with Crippen molar-refractivity contribution in [2.24, 2.45) is 0 Å². The monoisotopic (exact) mass is 306 g/mol. The van der Waals surface area contributed by atoms with Crippen molar-refractivity contribution in [3.05, 3.63) is 72.0 Å². The molecule has 0 unspecified atom stereocenters. The van der Waals surface area contributed by atoms with Crippen LogP contribution in [0.15, 0.2) is 65.1 Å². The Kier molecular flexibility index (Phi) is 3.89. The Hall–Kier alpha value is -3.01. The lowest BCUT2D eigenvalue weighted by Gasteiger charge is -2.15. The van der Waals surface area contributed by atoms with Crippen LogP contribution in [0.3, 0.4) is 0 Å². The Morgan fingerprint density at radius 3 is 2.52 bits per heavy atom. The number of anilines is 2. The van der Waals surface area contributed by atoms with E-state index in [4.69, 9.17) is 10.2 Å². The average Bonchev–Trinajstić information content (AvgIpc) is 3.06. The molecule has 1 amide bonds. The largest absolute Gasteiger partial charge is 0.451 e. The second-order valence-electron chi connectivity index (χ2n) is 5.44. The predicted molar refractivity (Wildman–Crippen MR) is 92.5 cm³/mol. The minimum atomic E-state index is -0.191. The lowest BCUT2D eigenvalue weighted by molar-refractivity contribution is 0.0967. The number of nitrogen functional groups attached to an aromatic ring is 1. The highest BCUT2D eigenvalue weighted by molar-refractivity contribution is 6.04. The first kappa shape index (κ1) is 14.9. The van der Waals surface area contributed by atoms with Gasteiger partial charge in [-0.1, -0.05) is 24.3 Å². The number of aryl methyl sites for hydroxylation is 1. The number of furan rings is 1. The van der Waals surface area contributed by atoms with Gasteiger partial charge in [-0.25, -0.2) is 0 Å². The van der Waals surface area contributed by atoms with Gasteiger partial charge in [-0.15, -0.1) is 0 Å². The fraction of sp³-hybridized carbons (Fsp3) is 0.105. The molecule has 0 saturated heterocycles. The third kappa shape index (κ3) is 2.97. The molecule has 4 heteroatoms. The van der Waals surface area contributed by atoms with Gasteiger partial charge in [0.1, 0.15) is 5.76 Å². The fourth-order valence-corrected chi connectivity index (χ4v) is 2.44. The van der Waals surface area contributed by atoms with E-state index < -0.39 is 0 Å². The number of hydrogen-bond donors (Lipinski definition) is 1. The Balaban J connectivity index is 1.90. The molecule has 0 fully saturated rings. The summed E-state index contributed by atoms with van der Waals surface area (Å²) < 4.78 is 5.76. The highest BCUT2D eigenvalue weighted by atomic mass is 16.4. The minimum Gasteiger partial charge on any atom is -0.451 e. The first-order valence-corrected chi connectivity index (χ1v) is 7.35. The van der Waals surface area contributed by atoms with Crippen molar-refractivity contribution >= 4 is 17.3 Å².